The van der Waals surface area contributed by atoms with Crippen molar-refractivity contribution in [2.45, 2.75) is 25.5 Å². The Kier molecular flexibility index (Phi) is 5.06. The summed E-state index contributed by atoms with van der Waals surface area (Å²) in [4.78, 5) is 15.8. The van der Waals surface area contributed by atoms with Gasteiger partial charge in [0.25, 0.3) is 0 Å². The molecular formula is C15H12F5N3O4S. The quantitative estimate of drug-likeness (QED) is 0.535. The predicted octanol–water partition coefficient (Wildman–Crippen LogP) is 3.94. The van der Waals surface area contributed by atoms with Crippen LogP contribution in [0.5, 0.6) is 11.5 Å². The molecule has 1 aliphatic heterocycles. The third-order valence-electron chi connectivity index (χ3n) is 3.48. The number of carbonyl (C=O) groups excluding carboxylic acids is 1. The minimum Gasteiger partial charge on any atom is -0.395 e. The lowest BCUT2D eigenvalue weighted by Crippen LogP contribution is -2.30. The van der Waals surface area contributed by atoms with Crippen LogP contribution in [0.25, 0.3) is 0 Å². The molecule has 1 aliphatic rings. The maximum absolute atomic E-state index is 13.0. The number of ketones is 1. The summed E-state index contributed by atoms with van der Waals surface area (Å²) in [6.45, 7) is -0.0505. The van der Waals surface area contributed by atoms with Crippen molar-refractivity contribution < 1.29 is 41.0 Å². The molecule has 0 radical (unpaired) electrons. The number of benzene rings is 1. The van der Waals surface area contributed by atoms with Gasteiger partial charge in [-0.15, -0.1) is 8.78 Å². The number of thiazole rings is 1. The van der Waals surface area contributed by atoms with E-state index in [1.165, 1.54) is 18.2 Å². The highest BCUT2D eigenvalue weighted by molar-refractivity contribution is 7.18. The van der Waals surface area contributed by atoms with E-state index in [-0.39, 0.29) is 33.0 Å². The van der Waals surface area contributed by atoms with E-state index >= 15 is 0 Å². The molecule has 1 aromatic heterocycles. The monoisotopic (exact) mass is 425 g/mol. The molecule has 13 heteroatoms. The molecule has 1 unspecified atom stereocenters. The maximum Gasteiger partial charge on any atom is 0.586 e. The lowest BCUT2D eigenvalue weighted by Gasteiger charge is -2.15. The molecule has 2 heterocycles. The third-order valence-corrected chi connectivity index (χ3v) is 4.51. The molecule has 0 saturated heterocycles. The summed E-state index contributed by atoms with van der Waals surface area (Å²) in [5, 5.41) is 2.86. The first kappa shape index (κ1) is 20.1. The number of aromatic nitrogens is 1. The molecule has 0 spiro atoms. The fraction of sp³-hybridized carbons (Fsp3) is 0.333. The molecule has 0 amide bonds. The smallest absolute Gasteiger partial charge is 0.395 e. The highest BCUT2D eigenvalue weighted by Gasteiger charge is 2.43. The Balaban J connectivity index is 1.67. The summed E-state index contributed by atoms with van der Waals surface area (Å²) in [5.41, 5.74) is 5.92. The van der Waals surface area contributed by atoms with E-state index in [0.717, 1.165) is 18.3 Å². The molecule has 0 aliphatic carbocycles. The minimum atomic E-state index is -4.59. The Hall–Kier alpha value is -2.67. The van der Waals surface area contributed by atoms with Crippen LogP contribution >= 0.6 is 11.3 Å². The van der Waals surface area contributed by atoms with Crippen molar-refractivity contribution in [2.75, 3.05) is 17.7 Å². The number of nitrogen functional groups attached to an aromatic ring is 1. The van der Waals surface area contributed by atoms with Crippen molar-refractivity contribution >= 4 is 33.8 Å². The van der Waals surface area contributed by atoms with Crippen LogP contribution in [0.3, 0.4) is 0 Å². The lowest BCUT2D eigenvalue weighted by atomic mass is 10.3. The highest BCUT2D eigenvalue weighted by atomic mass is 32.1. The Morgan fingerprint density at radius 2 is 2.04 bits per heavy atom. The number of alkyl halides is 5. The summed E-state index contributed by atoms with van der Waals surface area (Å²) >= 11 is 0.776. The number of hydrogen-bond donors (Lipinski definition) is 2. The minimum absolute atomic E-state index is 0.0934. The predicted molar refractivity (Wildman–Crippen MR) is 88.3 cm³/mol. The number of nitrogens with one attached hydrogen (secondary N) is 1. The number of rotatable bonds is 6. The van der Waals surface area contributed by atoms with Crippen molar-refractivity contribution in [1.82, 2.24) is 4.98 Å². The van der Waals surface area contributed by atoms with E-state index in [1.54, 1.807) is 0 Å². The normalized spacial score (nSPS) is 16.1. The largest absolute Gasteiger partial charge is 0.586 e. The van der Waals surface area contributed by atoms with E-state index in [0.29, 0.717) is 0 Å². The number of nitrogens with two attached hydrogens (primary N) is 1. The Morgan fingerprint density at radius 3 is 2.71 bits per heavy atom. The number of ether oxygens (including phenoxy) is 3. The molecule has 0 saturated carbocycles. The number of Topliss-reactive ketones (excluding diaryl/α,β-unsaturated/α-hetero) is 1. The molecule has 2 aromatic rings. The fourth-order valence-electron chi connectivity index (χ4n) is 2.10. The van der Waals surface area contributed by atoms with Gasteiger partial charge >= 0.3 is 12.5 Å². The Bertz CT molecular complexity index is 902. The van der Waals surface area contributed by atoms with Gasteiger partial charge in [0.1, 0.15) is 17.3 Å². The van der Waals surface area contributed by atoms with Crippen LogP contribution in [-0.2, 0) is 4.74 Å². The Labute approximate surface area is 158 Å². The first-order chi connectivity index (χ1) is 12.9. The molecule has 0 fully saturated rings. The molecule has 1 aromatic carbocycles. The number of fused-ring (bicyclic) bond motifs is 1. The molecule has 28 heavy (non-hydrogen) atoms. The fourth-order valence-corrected chi connectivity index (χ4v) is 2.93. The van der Waals surface area contributed by atoms with Crippen LogP contribution in [0.2, 0.25) is 0 Å². The first-order valence-corrected chi connectivity index (χ1v) is 8.41. The number of halogens is 5. The van der Waals surface area contributed by atoms with E-state index in [4.69, 9.17) is 5.73 Å². The van der Waals surface area contributed by atoms with Crippen LogP contribution < -0.4 is 20.5 Å². The molecular weight excluding hydrogens is 413 g/mol. The number of carbonyl (C=O) groups is 1. The van der Waals surface area contributed by atoms with E-state index in [1.807, 2.05) is 0 Å². The van der Waals surface area contributed by atoms with Crippen LogP contribution in [0.15, 0.2) is 18.2 Å². The SMILES string of the molecule is CC(OCC(=O)c1sc(Nc2ccc3c(c2)OC(F)(F)O3)nc1N)C(F)(F)F. The van der Waals surface area contributed by atoms with E-state index < -0.39 is 31.0 Å². The highest BCUT2D eigenvalue weighted by Crippen LogP contribution is 2.43. The van der Waals surface area contributed by atoms with Gasteiger partial charge in [-0.2, -0.15) is 13.2 Å². The summed E-state index contributed by atoms with van der Waals surface area (Å²) < 4.78 is 76.4. The van der Waals surface area contributed by atoms with Crippen LogP contribution in [0, 0.1) is 0 Å². The summed E-state index contributed by atoms with van der Waals surface area (Å²) in [6.07, 6.45) is -10.5. The van der Waals surface area contributed by atoms with Gasteiger partial charge in [0, 0.05) is 11.8 Å². The van der Waals surface area contributed by atoms with Crippen LogP contribution in [0.4, 0.5) is 38.6 Å². The van der Waals surface area contributed by atoms with Gasteiger partial charge < -0.3 is 25.3 Å². The second-order valence-electron chi connectivity index (χ2n) is 5.61. The van der Waals surface area contributed by atoms with Gasteiger partial charge in [0.15, 0.2) is 22.7 Å². The van der Waals surface area contributed by atoms with Gasteiger partial charge in [0.2, 0.25) is 5.78 Å². The second-order valence-corrected chi connectivity index (χ2v) is 6.60. The van der Waals surface area contributed by atoms with Crippen molar-refractivity contribution in [2.24, 2.45) is 0 Å². The van der Waals surface area contributed by atoms with E-state index in [9.17, 15) is 26.7 Å². The first-order valence-electron chi connectivity index (χ1n) is 7.59. The van der Waals surface area contributed by atoms with Crippen molar-refractivity contribution in [3.05, 3.63) is 23.1 Å². The Morgan fingerprint density at radius 1 is 1.36 bits per heavy atom. The molecule has 3 N–H and O–H groups in total. The van der Waals surface area contributed by atoms with Gasteiger partial charge in [0.05, 0.1) is 0 Å². The third kappa shape index (κ3) is 4.42. The van der Waals surface area contributed by atoms with E-state index in [2.05, 4.69) is 24.5 Å². The lowest BCUT2D eigenvalue weighted by molar-refractivity contribution is -0.286. The second kappa shape index (κ2) is 7.05. The van der Waals surface area contributed by atoms with Crippen molar-refractivity contribution in [1.29, 1.82) is 0 Å². The number of anilines is 3. The average Bonchev–Trinajstić information content (AvgIpc) is 3.08. The van der Waals surface area contributed by atoms with Crippen molar-refractivity contribution in [3.63, 3.8) is 0 Å². The molecule has 1 atom stereocenters. The van der Waals surface area contributed by atoms with Crippen LogP contribution in [-0.4, -0.2) is 35.9 Å². The number of nitrogens with zero attached hydrogens (tertiary/aromatic N) is 1. The summed E-state index contributed by atoms with van der Waals surface area (Å²) in [6, 6.07) is 3.87. The topological polar surface area (TPSA) is 95.7 Å². The molecule has 152 valence electrons. The van der Waals surface area contributed by atoms with Gasteiger partial charge in [-0.1, -0.05) is 11.3 Å². The number of hydrogen-bond acceptors (Lipinski definition) is 8. The molecule has 0 bridgehead atoms. The van der Waals surface area contributed by atoms with Gasteiger partial charge in [-0.25, -0.2) is 4.98 Å². The van der Waals surface area contributed by atoms with Crippen LogP contribution in [0.1, 0.15) is 16.6 Å². The molecule has 3 rings (SSSR count). The zero-order valence-electron chi connectivity index (χ0n) is 14.0. The average molecular weight is 425 g/mol. The van der Waals surface area contributed by atoms with Gasteiger partial charge in [-0.05, 0) is 19.1 Å². The zero-order valence-corrected chi connectivity index (χ0v) is 14.8. The van der Waals surface area contributed by atoms with Crippen molar-refractivity contribution in [3.8, 4) is 11.5 Å². The maximum atomic E-state index is 13.0. The summed E-state index contributed by atoms with van der Waals surface area (Å²) in [7, 11) is 0. The summed E-state index contributed by atoms with van der Waals surface area (Å²) in [5.74, 6) is -1.33. The zero-order chi connectivity index (χ0) is 20.7. The molecule has 7 nitrogen and oxygen atoms in total. The van der Waals surface area contributed by atoms with Gasteiger partial charge in [-0.3, -0.25) is 4.79 Å². The standard InChI is InChI=1S/C15H12F5N3O4S/c1-6(14(16,17)18)25-5-8(24)11-12(21)23-13(28-11)22-7-2-3-9-10(4-7)27-15(19,20)26-9/h2-4,6H,5,21H2,1H3,(H,22,23).